The molecule has 8 aromatic carbocycles. The van der Waals surface area contributed by atoms with Gasteiger partial charge in [0.25, 0.3) is 0 Å². The molecular weight excluding hydrogens is 881 g/mol. The summed E-state index contributed by atoms with van der Waals surface area (Å²) in [5.41, 5.74) is 5.69. The maximum Gasteiger partial charge on any atom is 0.135 e. The summed E-state index contributed by atoms with van der Waals surface area (Å²) >= 11 is 0. The first kappa shape index (κ1) is 42.9. The molecule has 0 amide bonds. The Labute approximate surface area is 394 Å². The fourth-order valence-electron chi connectivity index (χ4n) is 10.8. The molecule has 346 valence electrons. The van der Waals surface area contributed by atoms with Gasteiger partial charge in [0.2, 0.25) is 0 Å². The summed E-state index contributed by atoms with van der Waals surface area (Å²) in [6.07, 6.45) is -3.42. The molecule has 8 aromatic rings. The lowest BCUT2D eigenvalue weighted by atomic mass is 9.69. The number of hydrogen-bond donors (Lipinski definition) is 10. The van der Waals surface area contributed by atoms with Crippen molar-refractivity contribution in [3.05, 3.63) is 213 Å². The Kier molecular flexibility index (Phi) is 10.3. The van der Waals surface area contributed by atoms with E-state index in [4.69, 9.17) is 14.2 Å². The summed E-state index contributed by atoms with van der Waals surface area (Å²) in [4.78, 5) is 0. The first-order chi connectivity index (χ1) is 33.3. The molecule has 0 spiro atoms. The summed E-state index contributed by atoms with van der Waals surface area (Å²) < 4.78 is 21.0. The largest absolute Gasteiger partial charge is 0.508 e. The van der Waals surface area contributed by atoms with Gasteiger partial charge in [-0.15, -0.1) is 0 Å². The van der Waals surface area contributed by atoms with Gasteiger partial charge in [0.1, 0.15) is 81.2 Å². The van der Waals surface area contributed by atoms with Crippen molar-refractivity contribution in [1.29, 1.82) is 0 Å². The van der Waals surface area contributed by atoms with E-state index in [2.05, 4.69) is 0 Å². The first-order valence-corrected chi connectivity index (χ1v) is 22.2. The molecular formula is C56H44O13. The summed E-state index contributed by atoms with van der Waals surface area (Å²) in [5, 5.41) is 109. The van der Waals surface area contributed by atoms with E-state index in [1.165, 1.54) is 72.8 Å². The average molecular weight is 925 g/mol. The van der Waals surface area contributed by atoms with Crippen LogP contribution in [0.1, 0.15) is 104 Å². The highest BCUT2D eigenvalue weighted by molar-refractivity contribution is 5.63. The van der Waals surface area contributed by atoms with Crippen LogP contribution in [0.25, 0.3) is 0 Å². The summed E-state index contributed by atoms with van der Waals surface area (Å²) in [7, 11) is 0. The Morgan fingerprint density at radius 3 is 0.841 bits per heavy atom. The van der Waals surface area contributed by atoms with Gasteiger partial charge in [-0.2, -0.15) is 0 Å². The van der Waals surface area contributed by atoms with Crippen LogP contribution < -0.4 is 9.47 Å². The summed E-state index contributed by atoms with van der Waals surface area (Å²) in [6, 6.07) is 40.9. The molecule has 69 heavy (non-hydrogen) atoms. The van der Waals surface area contributed by atoms with Gasteiger partial charge >= 0.3 is 0 Å². The van der Waals surface area contributed by atoms with Crippen LogP contribution in [0.15, 0.2) is 158 Å². The second-order valence-corrected chi connectivity index (χ2v) is 17.9. The van der Waals surface area contributed by atoms with E-state index >= 15 is 0 Å². The van der Waals surface area contributed by atoms with Crippen LogP contribution in [-0.2, 0) is 4.74 Å². The van der Waals surface area contributed by atoms with E-state index in [9.17, 15) is 51.1 Å². The zero-order chi connectivity index (χ0) is 47.8. The molecule has 0 radical (unpaired) electrons. The van der Waals surface area contributed by atoms with E-state index in [1.54, 1.807) is 84.9 Å². The Morgan fingerprint density at radius 2 is 0.536 bits per heavy atom. The molecule has 0 saturated carbocycles. The van der Waals surface area contributed by atoms with Crippen LogP contribution in [0.3, 0.4) is 0 Å². The van der Waals surface area contributed by atoms with Gasteiger partial charge in [-0.3, -0.25) is 0 Å². The van der Waals surface area contributed by atoms with Crippen molar-refractivity contribution in [1.82, 2.24) is 0 Å². The quantitative estimate of drug-likeness (QED) is 0.0685. The van der Waals surface area contributed by atoms with Crippen molar-refractivity contribution >= 4 is 0 Å². The molecule has 0 aromatic heterocycles. The molecule has 3 aliphatic heterocycles. The number of phenols is 10. The number of aromatic hydroxyl groups is 10. The molecule has 8 atom stereocenters. The number of fused-ring (bicyclic) bond motifs is 2. The second-order valence-electron chi connectivity index (χ2n) is 17.9. The average Bonchev–Trinajstić information content (AvgIpc) is 4.01. The number of benzene rings is 8. The Bertz CT molecular complexity index is 2990. The second kappa shape index (κ2) is 16.6. The minimum absolute atomic E-state index is 0.00695. The normalized spacial score (nSPS) is 22.4. The topological polar surface area (TPSA) is 230 Å². The highest BCUT2D eigenvalue weighted by Crippen LogP contribution is 2.66. The number of ether oxygens (including phenoxy) is 3. The molecule has 0 aliphatic carbocycles. The smallest absolute Gasteiger partial charge is 0.135 e. The SMILES string of the molecule is Oc1ccc([C@H]2Oc3cc(O)cc([C@@H]4[C@@H](c5cc(O)cc6c5[C@H](c5cc(O)cc(O)c5)[C@@H](c5ccc(O)cc5)O6)[C@H](c5ccc(O)cc5)O[C@@H]4c4ccc(O)cc4)c3[C@@H]2c2cc(O)cc(O)c2)cc1. The lowest BCUT2D eigenvalue weighted by Gasteiger charge is -2.31. The zero-order valence-electron chi connectivity index (χ0n) is 36.3. The van der Waals surface area contributed by atoms with Crippen molar-refractivity contribution in [3.63, 3.8) is 0 Å². The molecule has 1 saturated heterocycles. The van der Waals surface area contributed by atoms with Gasteiger partial charge in [0.15, 0.2) is 0 Å². The van der Waals surface area contributed by atoms with E-state index in [0.717, 1.165) is 0 Å². The van der Waals surface area contributed by atoms with Gasteiger partial charge in [-0.05, 0) is 129 Å². The number of hydrogen-bond acceptors (Lipinski definition) is 13. The molecule has 13 heteroatoms. The highest BCUT2D eigenvalue weighted by atomic mass is 16.5. The van der Waals surface area contributed by atoms with Gasteiger partial charge in [0.05, 0.1) is 24.0 Å². The predicted molar refractivity (Wildman–Crippen MR) is 251 cm³/mol. The van der Waals surface area contributed by atoms with E-state index in [0.29, 0.717) is 55.6 Å². The monoisotopic (exact) mass is 924 g/mol. The standard InChI is InChI=1S/C56H44O13/c57-33-9-1-27(2-10-33)53-47(31-17-37(61)21-38(62)18-31)49-43(23-41(65)25-45(49)67-53)51-52(56(30-7-15-36(60)16-8-30)69-55(51)29-5-13-35(59)14-6-29)44-24-42(66)26-46-50(44)48(32-19-39(63)22-40(64)20-32)54(68-46)28-3-11-34(58)12-4-28/h1-26,47-48,51-66H/t47-,48-,51+,52+,53+,54+,55-,56+/m0/s1. The fourth-order valence-corrected chi connectivity index (χ4v) is 10.8. The van der Waals surface area contributed by atoms with Crippen LogP contribution in [0.2, 0.25) is 0 Å². The Balaban J connectivity index is 1.21. The minimum Gasteiger partial charge on any atom is -0.508 e. The molecule has 0 unspecified atom stereocenters. The fraction of sp³-hybridized carbons (Fsp3) is 0.143. The van der Waals surface area contributed by atoms with Crippen molar-refractivity contribution in [2.75, 3.05) is 0 Å². The van der Waals surface area contributed by atoms with Crippen LogP contribution in [0, 0.1) is 0 Å². The van der Waals surface area contributed by atoms with Gasteiger partial charge in [0, 0.05) is 47.2 Å². The Hall–Kier alpha value is -8.68. The maximum atomic E-state index is 11.8. The Morgan fingerprint density at radius 1 is 0.261 bits per heavy atom. The highest BCUT2D eigenvalue weighted by Gasteiger charge is 2.53. The molecule has 3 aliphatic rings. The zero-order valence-corrected chi connectivity index (χ0v) is 36.3. The third-order valence-electron chi connectivity index (χ3n) is 13.6. The predicted octanol–water partition coefficient (Wildman–Crippen LogP) is 10.7. The van der Waals surface area contributed by atoms with Crippen LogP contribution >= 0.6 is 0 Å². The lowest BCUT2D eigenvalue weighted by Crippen LogP contribution is -2.19. The summed E-state index contributed by atoms with van der Waals surface area (Å²) in [6.45, 7) is 0. The third kappa shape index (κ3) is 7.68. The van der Waals surface area contributed by atoms with E-state index < -0.39 is 48.1 Å². The number of rotatable bonds is 8. The van der Waals surface area contributed by atoms with Crippen molar-refractivity contribution in [2.24, 2.45) is 0 Å². The van der Waals surface area contributed by atoms with E-state index in [1.807, 2.05) is 0 Å². The van der Waals surface area contributed by atoms with Crippen molar-refractivity contribution in [2.45, 2.75) is 48.1 Å². The molecule has 10 N–H and O–H groups in total. The van der Waals surface area contributed by atoms with Crippen LogP contribution in [-0.4, -0.2) is 51.1 Å². The van der Waals surface area contributed by atoms with E-state index in [-0.39, 0.29) is 69.0 Å². The third-order valence-corrected chi connectivity index (χ3v) is 13.6. The molecule has 1 fully saturated rings. The molecule has 13 nitrogen and oxygen atoms in total. The number of phenolic OH excluding ortho intramolecular Hbond substituents is 10. The first-order valence-electron chi connectivity index (χ1n) is 22.2. The van der Waals surface area contributed by atoms with Gasteiger partial charge < -0.3 is 65.3 Å². The molecule has 0 bridgehead atoms. The summed E-state index contributed by atoms with van der Waals surface area (Å²) in [5.74, 6) is -3.71. The van der Waals surface area contributed by atoms with Gasteiger partial charge in [-0.1, -0.05) is 48.5 Å². The lowest BCUT2D eigenvalue weighted by molar-refractivity contribution is 0.0366. The van der Waals surface area contributed by atoms with Crippen molar-refractivity contribution in [3.8, 4) is 69.0 Å². The maximum absolute atomic E-state index is 11.8. The van der Waals surface area contributed by atoms with Gasteiger partial charge in [-0.25, -0.2) is 0 Å². The molecule has 11 rings (SSSR count). The van der Waals surface area contributed by atoms with Crippen LogP contribution in [0.5, 0.6) is 69.0 Å². The minimum atomic E-state index is -0.886. The van der Waals surface area contributed by atoms with Crippen LogP contribution in [0.4, 0.5) is 0 Å². The van der Waals surface area contributed by atoms with Crippen molar-refractivity contribution < 1.29 is 65.3 Å². The molecule has 3 heterocycles.